The van der Waals surface area contributed by atoms with Gasteiger partial charge in [0.15, 0.2) is 0 Å². The van der Waals surface area contributed by atoms with Crippen molar-refractivity contribution < 1.29 is 9.53 Å². The molecule has 0 spiro atoms. The lowest BCUT2D eigenvalue weighted by molar-refractivity contribution is 0.0603. The molecule has 1 aromatic heterocycles. The second-order valence-corrected chi connectivity index (χ2v) is 5.68. The molecule has 0 aliphatic carbocycles. The predicted octanol–water partition coefficient (Wildman–Crippen LogP) is 4.02. The number of nitrogens with one attached hydrogen (secondary N) is 2. The number of hydrogen-bond donors (Lipinski definition) is 2. The molecule has 2 N–H and O–H groups in total. The minimum absolute atomic E-state index is 0.392. The maximum atomic E-state index is 11.8. The molecular formula is C18H19N3O2. The van der Waals surface area contributed by atoms with Gasteiger partial charge in [0.1, 0.15) is 5.52 Å². The lowest BCUT2D eigenvalue weighted by Gasteiger charge is -2.11. The number of esters is 1. The number of rotatable bonds is 3. The third-order valence-corrected chi connectivity index (χ3v) is 3.84. The van der Waals surface area contributed by atoms with Crippen molar-refractivity contribution in [3.05, 3.63) is 52.6 Å². The number of aryl methyl sites for hydroxylation is 3. The highest BCUT2D eigenvalue weighted by Gasteiger charge is 2.14. The summed E-state index contributed by atoms with van der Waals surface area (Å²) in [4.78, 5) is 19.6. The molecular weight excluding hydrogens is 290 g/mol. The number of hydrogen-bond acceptors (Lipinski definition) is 4. The first-order valence-electron chi connectivity index (χ1n) is 7.41. The van der Waals surface area contributed by atoms with Crippen molar-refractivity contribution in [2.75, 3.05) is 12.4 Å². The van der Waals surface area contributed by atoms with Gasteiger partial charge in [-0.3, -0.25) is 0 Å². The molecule has 5 heteroatoms. The average Bonchev–Trinajstić information content (AvgIpc) is 2.92. The van der Waals surface area contributed by atoms with E-state index in [1.807, 2.05) is 6.07 Å². The maximum absolute atomic E-state index is 11.8. The van der Waals surface area contributed by atoms with Crippen LogP contribution in [0.15, 0.2) is 30.3 Å². The molecule has 3 rings (SSSR count). The van der Waals surface area contributed by atoms with E-state index in [0.29, 0.717) is 17.0 Å². The van der Waals surface area contributed by atoms with Gasteiger partial charge >= 0.3 is 5.97 Å². The van der Waals surface area contributed by atoms with Crippen molar-refractivity contribution in [3.8, 4) is 0 Å². The van der Waals surface area contributed by atoms with Crippen LogP contribution >= 0.6 is 0 Å². The van der Waals surface area contributed by atoms with Crippen molar-refractivity contribution in [3.63, 3.8) is 0 Å². The normalized spacial score (nSPS) is 10.8. The number of carbonyl (C=O) groups excluding carboxylic acids is 1. The van der Waals surface area contributed by atoms with Crippen LogP contribution in [0.4, 0.5) is 11.6 Å². The molecule has 0 atom stereocenters. The molecule has 0 radical (unpaired) electrons. The van der Waals surface area contributed by atoms with E-state index in [4.69, 9.17) is 4.74 Å². The third-order valence-electron chi connectivity index (χ3n) is 3.84. The molecule has 0 bridgehead atoms. The summed E-state index contributed by atoms with van der Waals surface area (Å²) in [6, 6.07) is 9.64. The van der Waals surface area contributed by atoms with E-state index < -0.39 is 5.97 Å². The van der Waals surface area contributed by atoms with Crippen LogP contribution in [0.1, 0.15) is 27.0 Å². The molecule has 5 nitrogen and oxygen atoms in total. The first-order chi connectivity index (χ1) is 11.0. The summed E-state index contributed by atoms with van der Waals surface area (Å²) in [6.45, 7) is 6.20. The summed E-state index contributed by atoms with van der Waals surface area (Å²) in [5.74, 6) is 0.211. The fraction of sp³-hybridized carbons (Fsp3) is 0.222. The molecule has 0 fully saturated rings. The highest BCUT2D eigenvalue weighted by atomic mass is 16.5. The monoisotopic (exact) mass is 309 g/mol. The first kappa shape index (κ1) is 15.1. The predicted molar refractivity (Wildman–Crippen MR) is 91.4 cm³/mol. The quantitative estimate of drug-likeness (QED) is 0.717. The number of aromatic nitrogens is 2. The standard InChI is InChI=1S/C18H19N3O2/c1-10-8-11(2)15(12(3)9-10)20-18-19-14-7-5-6-13(16(14)21-18)17(22)23-4/h5-9H,1-4H3,(H2,19,20,21). The summed E-state index contributed by atoms with van der Waals surface area (Å²) >= 11 is 0. The zero-order chi connectivity index (χ0) is 16.6. The molecule has 1 heterocycles. The number of fused-ring (bicyclic) bond motifs is 1. The molecule has 0 unspecified atom stereocenters. The summed E-state index contributed by atoms with van der Waals surface area (Å²) in [6.07, 6.45) is 0. The number of nitrogens with zero attached hydrogens (tertiary/aromatic N) is 1. The van der Waals surface area contributed by atoms with Crippen molar-refractivity contribution in [2.45, 2.75) is 20.8 Å². The van der Waals surface area contributed by atoms with Crippen LogP contribution in [-0.4, -0.2) is 23.0 Å². The molecule has 0 saturated heterocycles. The van der Waals surface area contributed by atoms with Crippen LogP contribution < -0.4 is 5.32 Å². The highest BCUT2D eigenvalue weighted by molar-refractivity contribution is 6.02. The van der Waals surface area contributed by atoms with Gasteiger partial charge in [-0.1, -0.05) is 23.8 Å². The van der Waals surface area contributed by atoms with Crippen molar-refractivity contribution in [2.24, 2.45) is 0 Å². The Morgan fingerprint density at radius 3 is 2.52 bits per heavy atom. The van der Waals surface area contributed by atoms with E-state index in [-0.39, 0.29) is 0 Å². The number of methoxy groups -OCH3 is 1. The number of benzene rings is 2. The van der Waals surface area contributed by atoms with E-state index in [2.05, 4.69) is 48.2 Å². The molecule has 0 saturated carbocycles. The summed E-state index contributed by atoms with van der Waals surface area (Å²) in [5.41, 5.74) is 6.39. The van der Waals surface area contributed by atoms with Crippen LogP contribution in [0, 0.1) is 20.8 Å². The largest absolute Gasteiger partial charge is 0.465 e. The minimum atomic E-state index is -0.392. The second kappa shape index (κ2) is 5.76. The molecule has 3 aromatic rings. The molecule has 0 amide bonds. The fourth-order valence-electron chi connectivity index (χ4n) is 2.86. The summed E-state index contributed by atoms with van der Waals surface area (Å²) in [7, 11) is 1.37. The average molecular weight is 309 g/mol. The SMILES string of the molecule is COC(=O)c1cccc2[nH]c(Nc3c(C)cc(C)cc3C)nc12. The lowest BCUT2D eigenvalue weighted by Crippen LogP contribution is -2.02. The van der Waals surface area contributed by atoms with Crippen molar-refractivity contribution in [1.82, 2.24) is 9.97 Å². The van der Waals surface area contributed by atoms with E-state index in [1.54, 1.807) is 12.1 Å². The van der Waals surface area contributed by atoms with Gasteiger partial charge in [0, 0.05) is 5.69 Å². The lowest BCUT2D eigenvalue weighted by atomic mass is 10.1. The van der Waals surface area contributed by atoms with Gasteiger partial charge < -0.3 is 15.0 Å². The third kappa shape index (κ3) is 2.77. The molecule has 23 heavy (non-hydrogen) atoms. The van der Waals surface area contributed by atoms with E-state index in [0.717, 1.165) is 22.3 Å². The van der Waals surface area contributed by atoms with E-state index in [9.17, 15) is 4.79 Å². The van der Waals surface area contributed by atoms with Gasteiger partial charge in [0.25, 0.3) is 0 Å². The van der Waals surface area contributed by atoms with E-state index >= 15 is 0 Å². The Morgan fingerprint density at radius 1 is 1.17 bits per heavy atom. The van der Waals surface area contributed by atoms with Gasteiger partial charge in [-0.2, -0.15) is 0 Å². The number of imidazole rings is 1. The Balaban J connectivity index is 2.04. The van der Waals surface area contributed by atoms with Gasteiger partial charge in [-0.05, 0) is 44.0 Å². The number of aromatic amines is 1. The maximum Gasteiger partial charge on any atom is 0.340 e. The van der Waals surface area contributed by atoms with Crippen LogP contribution in [0.2, 0.25) is 0 Å². The second-order valence-electron chi connectivity index (χ2n) is 5.68. The van der Waals surface area contributed by atoms with Crippen LogP contribution in [0.5, 0.6) is 0 Å². The van der Waals surface area contributed by atoms with Crippen molar-refractivity contribution in [1.29, 1.82) is 0 Å². The summed E-state index contributed by atoms with van der Waals surface area (Å²) in [5, 5.41) is 3.32. The minimum Gasteiger partial charge on any atom is -0.465 e. The number of anilines is 2. The van der Waals surface area contributed by atoms with Gasteiger partial charge in [-0.15, -0.1) is 0 Å². The fourth-order valence-corrected chi connectivity index (χ4v) is 2.86. The zero-order valence-electron chi connectivity index (χ0n) is 13.7. The van der Waals surface area contributed by atoms with E-state index in [1.165, 1.54) is 12.7 Å². The zero-order valence-corrected chi connectivity index (χ0v) is 13.7. The Labute approximate surface area is 134 Å². The van der Waals surface area contributed by atoms with Crippen LogP contribution in [-0.2, 0) is 4.74 Å². The summed E-state index contributed by atoms with van der Waals surface area (Å²) < 4.78 is 4.81. The Bertz CT molecular complexity index is 873. The van der Waals surface area contributed by atoms with Crippen molar-refractivity contribution >= 4 is 28.6 Å². The Kier molecular flexibility index (Phi) is 3.78. The van der Waals surface area contributed by atoms with Gasteiger partial charge in [0.2, 0.25) is 5.95 Å². The molecule has 0 aliphatic rings. The number of para-hydroxylation sites is 1. The van der Waals surface area contributed by atoms with Gasteiger partial charge in [-0.25, -0.2) is 9.78 Å². The molecule has 118 valence electrons. The number of H-pyrrole nitrogens is 1. The number of carbonyl (C=O) groups is 1. The molecule has 2 aromatic carbocycles. The van der Waals surface area contributed by atoms with Gasteiger partial charge in [0.05, 0.1) is 18.2 Å². The first-order valence-corrected chi connectivity index (χ1v) is 7.41. The Morgan fingerprint density at radius 2 is 1.87 bits per heavy atom. The topological polar surface area (TPSA) is 67.0 Å². The highest BCUT2D eigenvalue weighted by Crippen LogP contribution is 2.26. The molecule has 0 aliphatic heterocycles. The van der Waals surface area contributed by atoms with Crippen LogP contribution in [0.3, 0.4) is 0 Å². The smallest absolute Gasteiger partial charge is 0.340 e. The number of ether oxygens (including phenoxy) is 1. The van der Waals surface area contributed by atoms with Crippen LogP contribution in [0.25, 0.3) is 11.0 Å². The Hall–Kier alpha value is -2.82.